The van der Waals surface area contributed by atoms with E-state index in [1.165, 1.54) is 11.3 Å². The molecule has 1 heterocycles. The number of benzene rings is 1. The second-order valence-electron chi connectivity index (χ2n) is 7.22. The Labute approximate surface area is 164 Å². The monoisotopic (exact) mass is 376 g/mol. The van der Waals surface area contributed by atoms with Gasteiger partial charge in [0, 0.05) is 66.3 Å². The van der Waals surface area contributed by atoms with Crippen molar-refractivity contribution in [3.05, 3.63) is 29.8 Å². The normalized spacial score (nSPS) is 15.6. The van der Waals surface area contributed by atoms with Crippen LogP contribution in [0.3, 0.4) is 0 Å². The van der Waals surface area contributed by atoms with Crippen molar-refractivity contribution >= 4 is 11.6 Å². The molecule has 0 amide bonds. The maximum atomic E-state index is 5.79. The molecule has 1 aliphatic rings. The van der Waals surface area contributed by atoms with Gasteiger partial charge in [-0.3, -0.25) is 4.99 Å². The van der Waals surface area contributed by atoms with E-state index in [0.29, 0.717) is 5.92 Å². The van der Waals surface area contributed by atoms with E-state index in [4.69, 9.17) is 9.47 Å². The lowest BCUT2D eigenvalue weighted by molar-refractivity contribution is 0.0203. The molecule has 0 spiro atoms. The summed E-state index contributed by atoms with van der Waals surface area (Å²) in [5.74, 6) is 1.53. The van der Waals surface area contributed by atoms with Crippen LogP contribution in [-0.2, 0) is 15.9 Å². The third-order valence-electron chi connectivity index (χ3n) is 4.83. The minimum absolute atomic E-state index is 0.674. The Kier molecular flexibility index (Phi) is 10.0. The van der Waals surface area contributed by atoms with Gasteiger partial charge in [-0.05, 0) is 49.3 Å². The van der Waals surface area contributed by atoms with Gasteiger partial charge in [0.2, 0.25) is 0 Å². The van der Waals surface area contributed by atoms with Gasteiger partial charge in [0.15, 0.2) is 5.96 Å². The van der Waals surface area contributed by atoms with Gasteiger partial charge in [-0.25, -0.2) is 0 Å². The van der Waals surface area contributed by atoms with Crippen molar-refractivity contribution in [1.29, 1.82) is 0 Å². The Balaban J connectivity index is 1.52. The maximum absolute atomic E-state index is 5.79. The van der Waals surface area contributed by atoms with E-state index in [1.807, 2.05) is 7.05 Å². The number of hydrogen-bond acceptors (Lipinski definition) is 4. The highest BCUT2D eigenvalue weighted by Crippen LogP contribution is 2.14. The van der Waals surface area contributed by atoms with Gasteiger partial charge in [0.25, 0.3) is 0 Å². The zero-order valence-electron chi connectivity index (χ0n) is 17.2. The lowest BCUT2D eigenvalue weighted by Gasteiger charge is -2.21. The molecule has 0 aromatic heterocycles. The smallest absolute Gasteiger partial charge is 0.190 e. The molecule has 0 aliphatic carbocycles. The van der Waals surface area contributed by atoms with E-state index in [-0.39, 0.29) is 0 Å². The van der Waals surface area contributed by atoms with E-state index < -0.39 is 0 Å². The van der Waals surface area contributed by atoms with Gasteiger partial charge in [0.1, 0.15) is 0 Å². The van der Waals surface area contributed by atoms with Crippen LogP contribution >= 0.6 is 0 Å². The molecule has 6 heteroatoms. The third-order valence-corrected chi connectivity index (χ3v) is 4.83. The van der Waals surface area contributed by atoms with Crippen molar-refractivity contribution in [1.82, 2.24) is 10.6 Å². The molecular weight excluding hydrogens is 340 g/mol. The number of nitrogens with zero attached hydrogens (tertiary/aromatic N) is 2. The van der Waals surface area contributed by atoms with Gasteiger partial charge >= 0.3 is 0 Å². The molecule has 152 valence electrons. The van der Waals surface area contributed by atoms with Crippen LogP contribution in [0.1, 0.15) is 24.8 Å². The Bertz CT molecular complexity index is 540. The van der Waals surface area contributed by atoms with E-state index in [1.54, 1.807) is 0 Å². The van der Waals surface area contributed by atoms with Crippen LogP contribution in [0.4, 0.5) is 5.69 Å². The molecule has 0 saturated carbocycles. The average molecular weight is 377 g/mol. The molecule has 1 aliphatic heterocycles. The highest BCUT2D eigenvalue weighted by molar-refractivity contribution is 5.79. The van der Waals surface area contributed by atoms with Crippen LogP contribution in [0.25, 0.3) is 0 Å². The molecule has 1 saturated heterocycles. The fourth-order valence-electron chi connectivity index (χ4n) is 3.05. The van der Waals surface area contributed by atoms with Crippen molar-refractivity contribution in [2.24, 2.45) is 10.9 Å². The first kappa shape index (κ1) is 21.5. The van der Waals surface area contributed by atoms with Crippen LogP contribution in [-0.4, -0.2) is 66.6 Å². The maximum Gasteiger partial charge on any atom is 0.190 e. The first-order valence-electron chi connectivity index (χ1n) is 10.1. The highest BCUT2D eigenvalue weighted by atomic mass is 16.5. The molecule has 0 bridgehead atoms. The lowest BCUT2D eigenvalue weighted by atomic mass is 10.0. The van der Waals surface area contributed by atoms with Crippen molar-refractivity contribution < 1.29 is 9.47 Å². The minimum atomic E-state index is 0.674. The van der Waals surface area contributed by atoms with Crippen molar-refractivity contribution in [2.75, 3.05) is 65.6 Å². The predicted octanol–water partition coefficient (Wildman–Crippen LogP) is 2.29. The molecular formula is C21H36N4O2. The molecule has 0 atom stereocenters. The van der Waals surface area contributed by atoms with Crippen LogP contribution in [0.5, 0.6) is 0 Å². The quantitative estimate of drug-likeness (QED) is 0.373. The number of rotatable bonds is 10. The molecule has 2 rings (SSSR count). The number of nitrogens with one attached hydrogen (secondary N) is 2. The van der Waals surface area contributed by atoms with Crippen LogP contribution < -0.4 is 15.5 Å². The topological polar surface area (TPSA) is 58.1 Å². The summed E-state index contributed by atoms with van der Waals surface area (Å²) < 4.78 is 11.2. The molecule has 1 fully saturated rings. The number of hydrogen-bond donors (Lipinski definition) is 2. The van der Waals surface area contributed by atoms with E-state index >= 15 is 0 Å². The summed E-state index contributed by atoms with van der Waals surface area (Å²) in [6.07, 6.45) is 4.22. The molecule has 2 N–H and O–H groups in total. The van der Waals surface area contributed by atoms with Gasteiger partial charge in [-0.15, -0.1) is 0 Å². The standard InChI is InChI=1S/C21H36N4O2/c1-22-21(23-12-4-14-27-17-19-10-15-26-16-11-19)24-13-9-18-5-7-20(8-6-18)25(2)3/h5-8,19H,4,9-17H2,1-3H3,(H2,22,23,24). The molecule has 6 nitrogen and oxygen atoms in total. The molecule has 1 aromatic carbocycles. The first-order chi connectivity index (χ1) is 13.2. The number of anilines is 1. The zero-order valence-corrected chi connectivity index (χ0v) is 17.2. The summed E-state index contributed by atoms with van der Waals surface area (Å²) in [5.41, 5.74) is 2.55. The molecule has 1 aromatic rings. The largest absolute Gasteiger partial charge is 0.381 e. The van der Waals surface area contributed by atoms with Crippen LogP contribution in [0.15, 0.2) is 29.3 Å². The Morgan fingerprint density at radius 2 is 1.85 bits per heavy atom. The molecule has 27 heavy (non-hydrogen) atoms. The lowest BCUT2D eigenvalue weighted by Crippen LogP contribution is -2.39. The second kappa shape index (κ2) is 12.6. The Morgan fingerprint density at radius 3 is 2.52 bits per heavy atom. The number of guanidine groups is 1. The fraction of sp³-hybridized carbons (Fsp3) is 0.667. The number of aliphatic imine (C=N–C) groups is 1. The Morgan fingerprint density at radius 1 is 1.15 bits per heavy atom. The van der Waals surface area contributed by atoms with Crippen LogP contribution in [0, 0.1) is 5.92 Å². The van der Waals surface area contributed by atoms with E-state index in [9.17, 15) is 0 Å². The average Bonchev–Trinajstić information content (AvgIpc) is 2.70. The fourth-order valence-corrected chi connectivity index (χ4v) is 3.05. The van der Waals surface area contributed by atoms with Crippen LogP contribution in [0.2, 0.25) is 0 Å². The van der Waals surface area contributed by atoms with E-state index in [2.05, 4.69) is 58.9 Å². The molecule has 0 unspecified atom stereocenters. The van der Waals surface area contributed by atoms with E-state index in [0.717, 1.165) is 71.2 Å². The van der Waals surface area contributed by atoms with Gasteiger partial charge < -0.3 is 25.0 Å². The summed E-state index contributed by atoms with van der Waals surface area (Å²) in [6.45, 7) is 5.16. The number of ether oxygens (including phenoxy) is 2. The van der Waals surface area contributed by atoms with Crippen molar-refractivity contribution in [2.45, 2.75) is 25.7 Å². The zero-order chi connectivity index (χ0) is 19.3. The Hall–Kier alpha value is -1.79. The van der Waals surface area contributed by atoms with Gasteiger partial charge in [-0.2, -0.15) is 0 Å². The van der Waals surface area contributed by atoms with Gasteiger partial charge in [-0.1, -0.05) is 12.1 Å². The minimum Gasteiger partial charge on any atom is -0.381 e. The van der Waals surface area contributed by atoms with Crippen molar-refractivity contribution in [3.63, 3.8) is 0 Å². The summed E-state index contributed by atoms with van der Waals surface area (Å²) in [7, 11) is 5.92. The first-order valence-corrected chi connectivity index (χ1v) is 10.1. The summed E-state index contributed by atoms with van der Waals surface area (Å²) in [6, 6.07) is 8.68. The summed E-state index contributed by atoms with van der Waals surface area (Å²) in [4.78, 5) is 6.39. The second-order valence-corrected chi connectivity index (χ2v) is 7.22. The predicted molar refractivity (Wildman–Crippen MR) is 113 cm³/mol. The SMILES string of the molecule is CN=C(NCCCOCC1CCOCC1)NCCc1ccc(N(C)C)cc1. The van der Waals surface area contributed by atoms with Crippen molar-refractivity contribution in [3.8, 4) is 0 Å². The summed E-state index contributed by atoms with van der Waals surface area (Å²) >= 11 is 0. The third kappa shape index (κ3) is 8.63. The highest BCUT2D eigenvalue weighted by Gasteiger charge is 2.13. The summed E-state index contributed by atoms with van der Waals surface area (Å²) in [5, 5.41) is 6.72. The molecule has 0 radical (unpaired) electrons. The van der Waals surface area contributed by atoms with Gasteiger partial charge in [0.05, 0.1) is 0 Å².